The number of aliphatic carboxylic acids is 2. The molecule has 0 bridgehead atoms. The third kappa shape index (κ3) is 10.8. The van der Waals surface area contributed by atoms with Gasteiger partial charge in [0, 0.05) is 0 Å². The van der Waals surface area contributed by atoms with Crippen LogP contribution in [0, 0.1) is 11.8 Å². The van der Waals surface area contributed by atoms with Crippen LogP contribution in [0.5, 0.6) is 0 Å². The molecule has 126 valence electrons. The van der Waals surface area contributed by atoms with E-state index in [9.17, 15) is 9.59 Å². The van der Waals surface area contributed by atoms with Gasteiger partial charge in [0.25, 0.3) is 0 Å². The van der Waals surface area contributed by atoms with Gasteiger partial charge in [0.1, 0.15) is 0 Å². The maximum atomic E-state index is 10.3. The maximum absolute atomic E-state index is 10.3. The SMILES string of the molecule is O=C(O)C1CC[N-]CC1.O=C(O)C1CC[N-]CC1.[NH2-].[NH2-].[Pt+4]. The topological polar surface area (TPSA) is 170 Å². The number of nitrogens with two attached hydrogens (primary N) is 2. The molecule has 21 heavy (non-hydrogen) atoms. The molecule has 2 aliphatic rings. The maximum Gasteiger partial charge on any atom is 4.00 e. The zero-order valence-electron chi connectivity index (χ0n) is 11.9. The van der Waals surface area contributed by atoms with Gasteiger partial charge in [0.2, 0.25) is 0 Å². The molecule has 0 atom stereocenters. The molecule has 0 aromatic rings. The van der Waals surface area contributed by atoms with Crippen LogP contribution in [0.15, 0.2) is 0 Å². The quantitative estimate of drug-likeness (QED) is 0.615. The van der Waals surface area contributed by atoms with Gasteiger partial charge in [-0.05, 0) is 0 Å². The Morgan fingerprint density at radius 1 is 0.714 bits per heavy atom. The monoisotopic (exact) mass is 483 g/mol. The van der Waals surface area contributed by atoms with E-state index >= 15 is 0 Å². The van der Waals surface area contributed by atoms with E-state index in [0.29, 0.717) is 0 Å². The Hall–Kier alpha value is -0.532. The van der Waals surface area contributed by atoms with Gasteiger partial charge in [0.05, 0.1) is 11.8 Å². The zero-order valence-corrected chi connectivity index (χ0v) is 14.2. The molecule has 0 aliphatic carbocycles. The molecule has 2 aliphatic heterocycles. The Balaban J connectivity index is -0.000000270. The fourth-order valence-corrected chi connectivity index (χ4v) is 1.99. The van der Waals surface area contributed by atoms with Gasteiger partial charge in [-0.1, -0.05) is 25.7 Å². The standard InChI is InChI=1S/2C6H10NO2.2H2N.Pt/c2*8-6(9)5-1-3-7-4-2-5;;;/h2*5H,1-4H2,(H,8,9);2*1H2;/q4*-1;+4. The zero-order chi connectivity index (χ0) is 13.4. The van der Waals surface area contributed by atoms with Gasteiger partial charge in [-0.25, -0.2) is 0 Å². The first-order valence-electron chi connectivity index (χ1n) is 6.33. The molecule has 0 aromatic carbocycles. The first-order valence-corrected chi connectivity index (χ1v) is 6.33. The fraction of sp³-hybridized carbons (Fsp3) is 0.833. The van der Waals surface area contributed by atoms with Crippen molar-refractivity contribution in [3.63, 3.8) is 0 Å². The summed E-state index contributed by atoms with van der Waals surface area (Å²) in [5.41, 5.74) is 0. The first kappa shape index (κ1) is 25.4. The van der Waals surface area contributed by atoms with E-state index in [4.69, 9.17) is 10.2 Å². The van der Waals surface area contributed by atoms with Crippen molar-refractivity contribution >= 4 is 11.9 Å². The predicted molar refractivity (Wildman–Crippen MR) is 77.5 cm³/mol. The van der Waals surface area contributed by atoms with Crippen LogP contribution in [0.1, 0.15) is 25.7 Å². The summed E-state index contributed by atoms with van der Waals surface area (Å²) in [4.78, 5) is 20.6. The second-order valence-corrected chi connectivity index (χ2v) is 4.57. The van der Waals surface area contributed by atoms with E-state index < -0.39 is 11.9 Å². The number of hydrogen-bond acceptors (Lipinski definition) is 2. The third-order valence-electron chi connectivity index (χ3n) is 3.24. The summed E-state index contributed by atoms with van der Waals surface area (Å²) in [6.45, 7) is 2.93. The number of carbonyl (C=O) groups is 2. The average Bonchev–Trinajstić information content (AvgIpc) is 2.41. The molecule has 6 N–H and O–H groups in total. The number of hydrogen-bond donors (Lipinski definition) is 2. The van der Waals surface area contributed by atoms with Crippen LogP contribution in [0.3, 0.4) is 0 Å². The van der Waals surface area contributed by atoms with Crippen molar-refractivity contribution in [1.82, 2.24) is 0 Å². The molecular formula is C12H24N4O4Pt. The number of carboxylic acid groups (broad SMARTS) is 2. The van der Waals surface area contributed by atoms with E-state index in [2.05, 4.69) is 10.6 Å². The van der Waals surface area contributed by atoms with Crippen molar-refractivity contribution < 1.29 is 40.9 Å². The summed E-state index contributed by atoms with van der Waals surface area (Å²) in [7, 11) is 0. The molecule has 0 radical (unpaired) electrons. The Bertz CT molecular complexity index is 254. The van der Waals surface area contributed by atoms with Crippen LogP contribution >= 0.6 is 0 Å². The number of carboxylic acids is 2. The normalized spacial score (nSPS) is 18.7. The van der Waals surface area contributed by atoms with E-state index in [0.717, 1.165) is 51.9 Å². The molecular weight excluding hydrogens is 459 g/mol. The molecule has 9 heteroatoms. The number of nitrogens with zero attached hydrogens (tertiary/aromatic N) is 2. The molecule has 0 amide bonds. The van der Waals surface area contributed by atoms with Gasteiger partial charge in [-0.2, -0.15) is 0 Å². The largest absolute Gasteiger partial charge is 4.00 e. The Morgan fingerprint density at radius 3 is 1.10 bits per heavy atom. The Morgan fingerprint density at radius 2 is 0.952 bits per heavy atom. The molecule has 0 unspecified atom stereocenters. The van der Waals surface area contributed by atoms with Gasteiger partial charge < -0.3 is 33.1 Å². The molecule has 0 aromatic heterocycles. The van der Waals surface area contributed by atoms with Crippen LogP contribution in [-0.4, -0.2) is 48.3 Å². The smallest absolute Gasteiger partial charge is 0.693 e. The van der Waals surface area contributed by atoms with E-state index in [1.165, 1.54) is 0 Å². The second kappa shape index (κ2) is 14.4. The molecule has 0 saturated carbocycles. The fourth-order valence-electron chi connectivity index (χ4n) is 1.99. The molecule has 2 heterocycles. The predicted octanol–water partition coefficient (Wildman–Crippen LogP) is 3.14. The summed E-state index contributed by atoms with van der Waals surface area (Å²) >= 11 is 0. The van der Waals surface area contributed by atoms with Crippen molar-refractivity contribution in [3.05, 3.63) is 22.9 Å². The summed E-state index contributed by atoms with van der Waals surface area (Å²) < 4.78 is 0. The molecule has 2 fully saturated rings. The minimum absolute atomic E-state index is 0. The van der Waals surface area contributed by atoms with Crippen molar-refractivity contribution in [2.75, 3.05) is 26.2 Å². The van der Waals surface area contributed by atoms with E-state index in [-0.39, 0.29) is 45.2 Å². The average molecular weight is 483 g/mol. The van der Waals surface area contributed by atoms with Crippen molar-refractivity contribution in [1.29, 1.82) is 0 Å². The number of piperidine rings is 2. The molecule has 2 rings (SSSR count). The van der Waals surface area contributed by atoms with Gasteiger partial charge >= 0.3 is 33.0 Å². The minimum atomic E-state index is -0.662. The van der Waals surface area contributed by atoms with E-state index in [1.54, 1.807) is 0 Å². The summed E-state index contributed by atoms with van der Waals surface area (Å²) in [6.07, 6.45) is 2.93. The summed E-state index contributed by atoms with van der Waals surface area (Å²) in [5.74, 6) is -1.57. The Labute approximate surface area is 139 Å². The van der Waals surface area contributed by atoms with Crippen LogP contribution in [0.25, 0.3) is 22.9 Å². The first-order chi connectivity index (χ1) is 8.61. The third-order valence-corrected chi connectivity index (χ3v) is 3.24. The Kier molecular flexibility index (Phi) is 17.4. The van der Waals surface area contributed by atoms with E-state index in [1.807, 2.05) is 0 Å². The van der Waals surface area contributed by atoms with Crippen LogP contribution in [-0.2, 0) is 30.7 Å². The van der Waals surface area contributed by atoms with Gasteiger partial charge in [0.15, 0.2) is 0 Å². The molecule has 0 spiro atoms. The second-order valence-electron chi connectivity index (χ2n) is 4.57. The molecule has 8 nitrogen and oxygen atoms in total. The minimum Gasteiger partial charge on any atom is -0.693 e. The van der Waals surface area contributed by atoms with Crippen LogP contribution < -0.4 is 0 Å². The van der Waals surface area contributed by atoms with Crippen LogP contribution in [0.2, 0.25) is 0 Å². The van der Waals surface area contributed by atoms with Crippen LogP contribution in [0.4, 0.5) is 0 Å². The van der Waals surface area contributed by atoms with Crippen molar-refractivity contribution in [3.8, 4) is 0 Å². The van der Waals surface area contributed by atoms with Gasteiger partial charge in [-0.15, -0.1) is 26.2 Å². The van der Waals surface area contributed by atoms with Crippen molar-refractivity contribution in [2.24, 2.45) is 11.8 Å². The summed E-state index contributed by atoms with van der Waals surface area (Å²) in [5, 5.41) is 25.1. The van der Waals surface area contributed by atoms with Gasteiger partial charge in [-0.3, -0.25) is 9.59 Å². The molecule has 2 saturated heterocycles. The van der Waals surface area contributed by atoms with Crippen molar-refractivity contribution in [2.45, 2.75) is 25.7 Å². The number of rotatable bonds is 2. The summed E-state index contributed by atoms with van der Waals surface area (Å²) in [6, 6.07) is 0.